The standard InChI is InChI=1S/C6H8F3N2.C5HF10NO3S/c1-10-2-3-11(5-10)4-6(7,8)9;6-2(7,3(8,9)4(10,11)12)1(17)16-20(18,19)5(13,14)15/h2-3,5H,4H2,1H3;(H,16,17)/q+1;. The average Bonchev–Trinajstić information content (AvgIpc) is 2.87. The van der Waals surface area contributed by atoms with Crippen molar-refractivity contribution in [3.05, 3.63) is 18.7 Å². The molecule has 0 bridgehead atoms. The Morgan fingerprint density at radius 1 is 0.935 bits per heavy atom. The maximum absolute atomic E-state index is 12.5. The highest BCUT2D eigenvalue weighted by molar-refractivity contribution is 7.90. The summed E-state index contributed by atoms with van der Waals surface area (Å²) in [5.41, 5.74) is -6.37. The second-order valence-electron chi connectivity index (χ2n) is 5.39. The summed E-state index contributed by atoms with van der Waals surface area (Å²) in [4.78, 5) is 10.3. The van der Waals surface area contributed by atoms with Gasteiger partial charge in [0.1, 0.15) is 12.4 Å². The van der Waals surface area contributed by atoms with Gasteiger partial charge in [0.15, 0.2) is 6.54 Å². The van der Waals surface area contributed by atoms with E-state index in [9.17, 15) is 70.3 Å². The van der Waals surface area contributed by atoms with Gasteiger partial charge in [-0.1, -0.05) is 0 Å². The molecule has 0 radical (unpaired) electrons. The minimum Gasteiger partial charge on any atom is -0.267 e. The third kappa shape index (κ3) is 7.42. The van der Waals surface area contributed by atoms with E-state index in [0.717, 1.165) is 4.57 Å². The lowest BCUT2D eigenvalue weighted by molar-refractivity contribution is -0.671. The van der Waals surface area contributed by atoms with Crippen molar-refractivity contribution in [2.45, 2.75) is 36.3 Å². The lowest BCUT2D eigenvalue weighted by Gasteiger charge is -2.26. The number of nitrogens with one attached hydrogen (secondary N) is 1. The Kier molecular flexibility index (Phi) is 8.05. The molecule has 31 heavy (non-hydrogen) atoms. The largest absolute Gasteiger partial charge is 0.516 e. The molecule has 1 rings (SSSR count). The zero-order valence-corrected chi connectivity index (χ0v) is 15.2. The van der Waals surface area contributed by atoms with E-state index in [-0.39, 0.29) is 0 Å². The summed E-state index contributed by atoms with van der Waals surface area (Å²) in [5.74, 6) is -17.8. The third-order valence-electron chi connectivity index (χ3n) is 2.75. The summed E-state index contributed by atoms with van der Waals surface area (Å²) in [6, 6.07) is 0. The zero-order chi connectivity index (χ0) is 25.3. The number of carbonyl (C=O) groups excluding carboxylic acids is 1. The van der Waals surface area contributed by atoms with Gasteiger partial charge in [-0.05, 0) is 0 Å². The molecule has 0 spiro atoms. The molecule has 0 saturated heterocycles. The number of alkyl halides is 13. The number of sulfonamides is 1. The minimum absolute atomic E-state index is 0.607. The second kappa shape index (κ2) is 8.69. The van der Waals surface area contributed by atoms with E-state index in [1.807, 2.05) is 0 Å². The number of hydrogen-bond donors (Lipinski definition) is 1. The van der Waals surface area contributed by atoms with Crippen molar-refractivity contribution in [1.82, 2.24) is 9.29 Å². The molecule has 0 aliphatic heterocycles. The number of amides is 1. The van der Waals surface area contributed by atoms with Gasteiger partial charge in [-0.15, -0.1) is 0 Å². The smallest absolute Gasteiger partial charge is 0.267 e. The second-order valence-corrected chi connectivity index (χ2v) is 7.07. The van der Waals surface area contributed by atoms with Crippen molar-refractivity contribution in [3.63, 3.8) is 0 Å². The van der Waals surface area contributed by atoms with Crippen LogP contribution in [0.25, 0.3) is 0 Å². The van der Waals surface area contributed by atoms with E-state index in [2.05, 4.69) is 0 Å². The molecule has 1 aromatic rings. The monoisotopic (exact) mass is 510 g/mol. The van der Waals surface area contributed by atoms with E-state index in [0.29, 0.717) is 0 Å². The number of carbonyl (C=O) groups is 1. The van der Waals surface area contributed by atoms with Gasteiger partial charge < -0.3 is 0 Å². The third-order valence-corrected chi connectivity index (χ3v) is 3.82. The van der Waals surface area contributed by atoms with Crippen molar-refractivity contribution in [2.75, 3.05) is 0 Å². The maximum atomic E-state index is 12.5. The zero-order valence-electron chi connectivity index (χ0n) is 14.4. The van der Waals surface area contributed by atoms with Gasteiger partial charge in [-0.2, -0.15) is 65.5 Å². The van der Waals surface area contributed by atoms with E-state index in [1.165, 1.54) is 12.5 Å². The topological polar surface area (TPSA) is 72.0 Å². The SMILES string of the molecule is C[n+]1ccn(CC(F)(F)F)c1.O=C(NS(=O)(=O)C(F)(F)F)C(F)(F)C(F)(F)C(F)(F)F. The van der Waals surface area contributed by atoms with Crippen LogP contribution in [0.3, 0.4) is 0 Å². The fourth-order valence-corrected chi connectivity index (χ4v) is 1.85. The lowest BCUT2D eigenvalue weighted by atomic mass is 10.1. The van der Waals surface area contributed by atoms with Gasteiger partial charge >= 0.3 is 45.6 Å². The lowest BCUT2D eigenvalue weighted by Crippen LogP contribution is -2.60. The fourth-order valence-electron chi connectivity index (χ4n) is 1.37. The number of nitrogens with zero attached hydrogens (tertiary/aromatic N) is 2. The van der Waals surface area contributed by atoms with Crippen LogP contribution in [0.15, 0.2) is 18.7 Å². The van der Waals surface area contributed by atoms with E-state index in [1.54, 1.807) is 17.8 Å². The van der Waals surface area contributed by atoms with Gasteiger partial charge in [0, 0.05) is 0 Å². The van der Waals surface area contributed by atoms with E-state index in [4.69, 9.17) is 0 Å². The van der Waals surface area contributed by atoms with Crippen molar-refractivity contribution >= 4 is 15.9 Å². The predicted molar refractivity (Wildman–Crippen MR) is 70.7 cm³/mol. The van der Waals surface area contributed by atoms with E-state index < -0.39 is 56.9 Å². The highest BCUT2D eigenvalue weighted by Gasteiger charge is 2.77. The molecule has 1 N–H and O–H groups in total. The summed E-state index contributed by atoms with van der Waals surface area (Å²) in [6.07, 6.45) is -6.81. The van der Waals surface area contributed by atoms with Gasteiger partial charge in [-0.3, -0.25) is 4.79 Å². The molecule has 0 atom stereocenters. The van der Waals surface area contributed by atoms with Crippen LogP contribution in [0.2, 0.25) is 0 Å². The van der Waals surface area contributed by atoms with Crippen LogP contribution in [0.4, 0.5) is 57.1 Å². The number of aromatic nitrogens is 2. The molecule has 0 aliphatic carbocycles. The highest BCUT2D eigenvalue weighted by atomic mass is 32.2. The summed E-state index contributed by atoms with van der Waals surface area (Å²) in [7, 11) is -5.19. The van der Waals surface area contributed by atoms with Crippen molar-refractivity contribution in [2.24, 2.45) is 7.05 Å². The van der Waals surface area contributed by atoms with Gasteiger partial charge in [0.05, 0.1) is 7.05 Å². The first-order valence-corrected chi connectivity index (χ1v) is 8.37. The maximum Gasteiger partial charge on any atom is 0.516 e. The molecular formula is C11H9F13N3O3S+. The molecular weight excluding hydrogens is 501 g/mol. The molecule has 1 heterocycles. The first-order valence-electron chi connectivity index (χ1n) is 6.89. The van der Waals surface area contributed by atoms with E-state index >= 15 is 0 Å². The number of imidazole rings is 1. The van der Waals surface area contributed by atoms with Crippen LogP contribution in [0.5, 0.6) is 0 Å². The van der Waals surface area contributed by atoms with Crippen molar-refractivity contribution < 1.29 is 74.9 Å². The van der Waals surface area contributed by atoms with Crippen molar-refractivity contribution in [1.29, 1.82) is 0 Å². The molecule has 1 amide bonds. The fraction of sp³-hybridized carbons (Fsp3) is 0.636. The minimum atomic E-state index is -7.08. The summed E-state index contributed by atoms with van der Waals surface area (Å²) in [5, 5.41) is 0. The van der Waals surface area contributed by atoms with Crippen LogP contribution in [0.1, 0.15) is 0 Å². The Bertz CT molecular complexity index is 868. The molecule has 0 saturated carbocycles. The molecule has 1 aromatic heterocycles. The molecule has 0 aromatic carbocycles. The van der Waals surface area contributed by atoms with Gasteiger partial charge in [-0.25, -0.2) is 13.9 Å². The molecule has 182 valence electrons. The van der Waals surface area contributed by atoms with Gasteiger partial charge in [0.2, 0.25) is 6.33 Å². The highest BCUT2D eigenvalue weighted by Crippen LogP contribution is 2.46. The summed E-state index contributed by atoms with van der Waals surface area (Å²) in [6.45, 7) is -0.923. The number of rotatable bonds is 4. The molecule has 6 nitrogen and oxygen atoms in total. The Balaban J connectivity index is 0.000000683. The Morgan fingerprint density at radius 2 is 1.39 bits per heavy atom. The van der Waals surface area contributed by atoms with Gasteiger partial charge in [0.25, 0.3) is 0 Å². The van der Waals surface area contributed by atoms with Crippen molar-refractivity contribution in [3.8, 4) is 0 Å². The molecule has 20 heteroatoms. The Morgan fingerprint density at radius 3 is 1.68 bits per heavy atom. The summed E-state index contributed by atoms with van der Waals surface area (Å²) >= 11 is 0. The van der Waals surface area contributed by atoms with Crippen LogP contribution < -0.4 is 9.29 Å². The Hall–Kier alpha value is -2.28. The van der Waals surface area contributed by atoms with Crippen LogP contribution in [-0.4, -0.2) is 48.6 Å². The normalized spacial score (nSPS) is 14.0. The average molecular weight is 510 g/mol. The molecule has 0 fully saturated rings. The predicted octanol–water partition coefficient (Wildman–Crippen LogP) is 2.66. The molecule has 0 aliphatic rings. The quantitative estimate of drug-likeness (QED) is 0.501. The van der Waals surface area contributed by atoms with Crippen LogP contribution in [-0.2, 0) is 28.4 Å². The number of aryl methyl sites for hydroxylation is 1. The first-order chi connectivity index (χ1) is 13.3. The Labute approximate surface area is 163 Å². The number of halogens is 13. The first kappa shape index (κ1) is 28.7. The summed E-state index contributed by atoms with van der Waals surface area (Å²) < 4.78 is 177. The van der Waals surface area contributed by atoms with Crippen LogP contribution in [0, 0.1) is 0 Å². The molecule has 0 unspecified atom stereocenters. The number of hydrogen-bond acceptors (Lipinski definition) is 3. The van der Waals surface area contributed by atoms with Crippen LogP contribution >= 0.6 is 0 Å².